The van der Waals surface area contributed by atoms with Crippen LogP contribution in [0.1, 0.15) is 0 Å². The third kappa shape index (κ3) is 5.73. The van der Waals surface area contributed by atoms with Gasteiger partial charge in [0.25, 0.3) is 0 Å². The molecule has 9 aromatic carbocycles. The molecule has 0 atom stereocenters. The lowest BCUT2D eigenvalue weighted by atomic mass is 10.0. The molecule has 0 amide bonds. The number of fused-ring (bicyclic) bond motifs is 9. The van der Waals surface area contributed by atoms with Gasteiger partial charge in [-0.1, -0.05) is 158 Å². The van der Waals surface area contributed by atoms with Crippen molar-refractivity contribution in [2.75, 3.05) is 0 Å². The lowest BCUT2D eigenvalue weighted by molar-refractivity contribution is 0.669. The van der Waals surface area contributed by atoms with Crippen LogP contribution < -0.4 is 0 Å². The van der Waals surface area contributed by atoms with Crippen LogP contribution in [0.5, 0.6) is 0 Å². The van der Waals surface area contributed by atoms with Crippen molar-refractivity contribution in [3.05, 3.63) is 206 Å². The Hall–Kier alpha value is -8.19. The molecule has 0 aliphatic heterocycles. The first kappa shape index (κ1) is 35.6. The zero-order chi connectivity index (χ0) is 41.4. The van der Waals surface area contributed by atoms with Crippen molar-refractivity contribution >= 4 is 75.3 Å². The lowest BCUT2D eigenvalue weighted by Gasteiger charge is -2.16. The van der Waals surface area contributed by atoms with Crippen molar-refractivity contribution in [2.45, 2.75) is 0 Å². The molecule has 0 spiro atoms. The van der Waals surface area contributed by atoms with Crippen LogP contribution in [-0.2, 0) is 0 Å². The van der Waals surface area contributed by atoms with Crippen molar-refractivity contribution in [3.8, 4) is 62.1 Å². The summed E-state index contributed by atoms with van der Waals surface area (Å²) >= 11 is 1.86. The summed E-state index contributed by atoms with van der Waals surface area (Å²) in [5, 5.41) is 6.88. The first-order valence-electron chi connectivity index (χ1n) is 21.1. The zero-order valence-corrected chi connectivity index (χ0v) is 34.6. The van der Waals surface area contributed by atoms with Crippen LogP contribution in [0.25, 0.3) is 126 Å². The normalized spacial score (nSPS) is 11.8. The fourth-order valence-corrected chi connectivity index (χ4v) is 10.6. The molecule has 0 saturated carbocycles. The van der Waals surface area contributed by atoms with Gasteiger partial charge in [-0.15, -0.1) is 11.3 Å². The molecule has 63 heavy (non-hydrogen) atoms. The summed E-state index contributed by atoms with van der Waals surface area (Å²) in [5.74, 6) is 1.75. The quantitative estimate of drug-likeness (QED) is 0.168. The van der Waals surface area contributed by atoms with Crippen molar-refractivity contribution in [1.29, 1.82) is 0 Å². The second-order valence-electron chi connectivity index (χ2n) is 15.9. The van der Waals surface area contributed by atoms with Gasteiger partial charge in [-0.3, -0.25) is 0 Å². The molecule has 0 fully saturated rings. The standard InChI is InChI=1S/C57H34N4OS/c1-3-15-35(16-4-1)37-19-13-20-39(33-37)56-58-55(36-17-5-2-6-18-36)59-57(60-56)53-48(31-32-50-52(53)44-23-8-11-27-49(44)62-50)61-46-26-10-7-21-41(46)45-34-38(29-30-47(45)61)40-24-14-25-43-42-22-9-12-28-51(42)63-54(40)43/h1-34H. The summed E-state index contributed by atoms with van der Waals surface area (Å²) < 4.78 is 11.6. The molecular weight excluding hydrogens is 789 g/mol. The second kappa shape index (κ2) is 14.2. The number of aromatic nitrogens is 4. The molecule has 0 aliphatic carbocycles. The van der Waals surface area contributed by atoms with Crippen LogP contribution in [0.2, 0.25) is 0 Å². The Labute approximate surface area is 365 Å². The summed E-state index contributed by atoms with van der Waals surface area (Å²) in [6, 6.07) is 72.6. The Bertz CT molecular complexity index is 3920. The number of para-hydroxylation sites is 2. The van der Waals surface area contributed by atoms with E-state index in [1.807, 2.05) is 47.7 Å². The highest BCUT2D eigenvalue weighted by atomic mass is 32.1. The van der Waals surface area contributed by atoms with Gasteiger partial charge in [0.1, 0.15) is 11.2 Å². The molecule has 13 rings (SSSR count). The average Bonchev–Trinajstić information content (AvgIpc) is 4.04. The number of rotatable bonds is 6. The predicted molar refractivity (Wildman–Crippen MR) is 262 cm³/mol. The average molecular weight is 823 g/mol. The molecule has 0 radical (unpaired) electrons. The van der Waals surface area contributed by atoms with Gasteiger partial charge in [-0.05, 0) is 70.8 Å². The van der Waals surface area contributed by atoms with Crippen LogP contribution >= 0.6 is 11.3 Å². The van der Waals surface area contributed by atoms with Crippen LogP contribution in [0.15, 0.2) is 211 Å². The van der Waals surface area contributed by atoms with Gasteiger partial charge in [0, 0.05) is 52.8 Å². The number of furan rings is 1. The Morgan fingerprint density at radius 3 is 1.87 bits per heavy atom. The summed E-state index contributed by atoms with van der Waals surface area (Å²) in [4.78, 5) is 16.0. The summed E-state index contributed by atoms with van der Waals surface area (Å²) in [5.41, 5.74) is 12.0. The molecular formula is C57H34N4OS. The highest BCUT2D eigenvalue weighted by molar-refractivity contribution is 7.26. The van der Waals surface area contributed by atoms with Gasteiger partial charge in [-0.2, -0.15) is 0 Å². The Kier molecular flexibility index (Phi) is 8.01. The van der Waals surface area contributed by atoms with Crippen molar-refractivity contribution in [3.63, 3.8) is 0 Å². The fraction of sp³-hybridized carbons (Fsp3) is 0. The maximum absolute atomic E-state index is 6.60. The van der Waals surface area contributed by atoms with Crippen LogP contribution in [0.3, 0.4) is 0 Å². The van der Waals surface area contributed by atoms with E-state index in [-0.39, 0.29) is 0 Å². The fourth-order valence-electron chi connectivity index (χ4n) is 9.39. The van der Waals surface area contributed by atoms with Crippen molar-refractivity contribution in [1.82, 2.24) is 19.5 Å². The molecule has 4 aromatic heterocycles. The number of thiophene rings is 1. The van der Waals surface area contributed by atoms with E-state index >= 15 is 0 Å². The summed E-state index contributed by atoms with van der Waals surface area (Å²) in [6.07, 6.45) is 0. The van der Waals surface area contributed by atoms with E-state index in [4.69, 9.17) is 19.4 Å². The molecule has 0 aliphatic rings. The summed E-state index contributed by atoms with van der Waals surface area (Å²) in [7, 11) is 0. The van der Waals surface area contributed by atoms with Crippen LogP contribution in [0, 0.1) is 0 Å². The van der Waals surface area contributed by atoms with Gasteiger partial charge in [0.2, 0.25) is 0 Å². The predicted octanol–water partition coefficient (Wildman–Crippen LogP) is 15.6. The van der Waals surface area contributed by atoms with E-state index in [0.717, 1.165) is 66.5 Å². The first-order chi connectivity index (χ1) is 31.2. The first-order valence-corrected chi connectivity index (χ1v) is 21.9. The summed E-state index contributed by atoms with van der Waals surface area (Å²) in [6.45, 7) is 0. The Morgan fingerprint density at radius 1 is 0.381 bits per heavy atom. The largest absolute Gasteiger partial charge is 0.456 e. The number of hydrogen-bond acceptors (Lipinski definition) is 5. The molecule has 0 bridgehead atoms. The zero-order valence-electron chi connectivity index (χ0n) is 33.7. The van der Waals surface area contributed by atoms with E-state index in [2.05, 4.69) is 174 Å². The highest BCUT2D eigenvalue weighted by Crippen LogP contribution is 2.45. The molecule has 5 nitrogen and oxygen atoms in total. The number of hydrogen-bond donors (Lipinski definition) is 0. The van der Waals surface area contributed by atoms with Gasteiger partial charge in [-0.25, -0.2) is 15.0 Å². The molecule has 4 heterocycles. The van der Waals surface area contributed by atoms with E-state index in [1.54, 1.807) is 0 Å². The van der Waals surface area contributed by atoms with Crippen LogP contribution in [0.4, 0.5) is 0 Å². The highest BCUT2D eigenvalue weighted by Gasteiger charge is 2.25. The molecule has 0 N–H and O–H groups in total. The van der Waals surface area contributed by atoms with E-state index < -0.39 is 0 Å². The molecule has 0 saturated heterocycles. The van der Waals surface area contributed by atoms with E-state index in [1.165, 1.54) is 42.1 Å². The van der Waals surface area contributed by atoms with Crippen molar-refractivity contribution in [2.24, 2.45) is 0 Å². The molecule has 6 heteroatoms. The Morgan fingerprint density at radius 2 is 1.02 bits per heavy atom. The molecule has 294 valence electrons. The molecule has 0 unspecified atom stereocenters. The SMILES string of the molecule is c1ccc(-c2cccc(-c3nc(-c4ccccc4)nc(-c4c(-n5c6ccccc6c6cc(-c7cccc8c7sc7ccccc78)ccc65)ccc5oc6ccccc6c45)n3)c2)cc1. The minimum atomic E-state index is 0.565. The van der Waals surface area contributed by atoms with Gasteiger partial charge < -0.3 is 8.98 Å². The maximum Gasteiger partial charge on any atom is 0.166 e. The Balaban J connectivity index is 1.09. The maximum atomic E-state index is 6.60. The minimum Gasteiger partial charge on any atom is -0.456 e. The second-order valence-corrected chi connectivity index (χ2v) is 17.0. The minimum absolute atomic E-state index is 0.565. The lowest BCUT2D eigenvalue weighted by Crippen LogP contribution is -2.04. The van der Waals surface area contributed by atoms with Gasteiger partial charge >= 0.3 is 0 Å². The third-order valence-corrected chi connectivity index (χ3v) is 13.5. The van der Waals surface area contributed by atoms with Gasteiger partial charge in [0.05, 0.1) is 22.3 Å². The van der Waals surface area contributed by atoms with Gasteiger partial charge in [0.15, 0.2) is 17.5 Å². The van der Waals surface area contributed by atoms with Crippen LogP contribution in [-0.4, -0.2) is 19.5 Å². The topological polar surface area (TPSA) is 56.7 Å². The van der Waals surface area contributed by atoms with E-state index in [0.29, 0.717) is 17.5 Å². The monoisotopic (exact) mass is 822 g/mol. The van der Waals surface area contributed by atoms with Crippen molar-refractivity contribution < 1.29 is 4.42 Å². The van der Waals surface area contributed by atoms with E-state index in [9.17, 15) is 0 Å². The third-order valence-electron chi connectivity index (χ3n) is 12.3. The smallest absolute Gasteiger partial charge is 0.166 e. The number of benzene rings is 9. The number of nitrogens with zero attached hydrogens (tertiary/aromatic N) is 4. The molecule has 13 aromatic rings.